The summed E-state index contributed by atoms with van der Waals surface area (Å²) in [4.78, 5) is 6.70. The van der Waals surface area contributed by atoms with Gasteiger partial charge < -0.3 is 10.3 Å². The van der Waals surface area contributed by atoms with Gasteiger partial charge in [-0.1, -0.05) is 0 Å². The van der Waals surface area contributed by atoms with Crippen LogP contribution in [0.1, 0.15) is 18.5 Å². The molecule has 1 aromatic rings. The molecule has 0 saturated carbocycles. The molecule has 0 bridgehead atoms. The van der Waals surface area contributed by atoms with Crippen molar-refractivity contribution in [2.24, 2.45) is 5.92 Å². The summed E-state index contributed by atoms with van der Waals surface area (Å²) < 4.78 is 26.2. The number of nitrogens with one attached hydrogen (secondary N) is 3. The van der Waals surface area contributed by atoms with Crippen molar-refractivity contribution in [3.8, 4) is 0 Å². The summed E-state index contributed by atoms with van der Waals surface area (Å²) in [5.41, 5.74) is 0.773. The fourth-order valence-electron chi connectivity index (χ4n) is 2.00. The van der Waals surface area contributed by atoms with Gasteiger partial charge in [0.2, 0.25) is 10.0 Å². The van der Waals surface area contributed by atoms with Gasteiger partial charge in [0.25, 0.3) is 0 Å². The SMILES string of the molecule is O=S(=O)(CC1CCCNC1)NCc1cnc[nH]1. The number of sulfonamides is 1. The normalized spacial score (nSPS) is 21.5. The highest BCUT2D eigenvalue weighted by atomic mass is 32.2. The van der Waals surface area contributed by atoms with Crippen molar-refractivity contribution >= 4 is 10.0 Å². The van der Waals surface area contributed by atoms with E-state index in [4.69, 9.17) is 0 Å². The van der Waals surface area contributed by atoms with Crippen molar-refractivity contribution in [2.75, 3.05) is 18.8 Å². The van der Waals surface area contributed by atoms with Crippen molar-refractivity contribution in [2.45, 2.75) is 19.4 Å². The van der Waals surface area contributed by atoms with Crippen LogP contribution < -0.4 is 10.0 Å². The Morgan fingerprint density at radius 3 is 3.06 bits per heavy atom. The van der Waals surface area contributed by atoms with Crippen LogP contribution >= 0.6 is 0 Å². The van der Waals surface area contributed by atoms with Gasteiger partial charge in [0.05, 0.1) is 18.6 Å². The molecule has 2 rings (SSSR count). The molecule has 7 heteroatoms. The van der Waals surface area contributed by atoms with Crippen molar-refractivity contribution in [1.82, 2.24) is 20.0 Å². The lowest BCUT2D eigenvalue weighted by molar-refractivity contribution is 0.402. The van der Waals surface area contributed by atoms with Crippen LogP contribution in [0.25, 0.3) is 0 Å². The molecule has 0 aromatic carbocycles. The summed E-state index contributed by atoms with van der Waals surface area (Å²) in [6, 6.07) is 0. The van der Waals surface area contributed by atoms with Gasteiger partial charge in [-0.2, -0.15) is 0 Å². The molecule has 1 unspecified atom stereocenters. The minimum Gasteiger partial charge on any atom is -0.347 e. The van der Waals surface area contributed by atoms with Gasteiger partial charge in [-0.25, -0.2) is 18.1 Å². The fraction of sp³-hybridized carbons (Fsp3) is 0.700. The van der Waals surface area contributed by atoms with Crippen LogP contribution in [0.15, 0.2) is 12.5 Å². The standard InChI is InChI=1S/C10H18N4O2S/c15-17(16,7-9-2-1-3-11-4-9)14-6-10-5-12-8-13-10/h5,8-9,11,14H,1-4,6-7H2,(H,12,13). The number of H-pyrrole nitrogens is 1. The minimum absolute atomic E-state index is 0.203. The Hall–Kier alpha value is -0.920. The van der Waals surface area contributed by atoms with Crippen LogP contribution in [-0.4, -0.2) is 37.2 Å². The number of aromatic nitrogens is 2. The zero-order valence-electron chi connectivity index (χ0n) is 9.65. The molecule has 0 amide bonds. The van der Waals surface area contributed by atoms with E-state index >= 15 is 0 Å². The molecule has 17 heavy (non-hydrogen) atoms. The fourth-order valence-corrected chi connectivity index (χ4v) is 3.40. The summed E-state index contributed by atoms with van der Waals surface area (Å²) >= 11 is 0. The molecule has 0 radical (unpaired) electrons. The largest absolute Gasteiger partial charge is 0.347 e. The monoisotopic (exact) mass is 258 g/mol. The summed E-state index contributed by atoms with van der Waals surface area (Å²) in [7, 11) is -3.20. The molecule has 1 aliphatic rings. The highest BCUT2D eigenvalue weighted by Gasteiger charge is 2.20. The van der Waals surface area contributed by atoms with E-state index in [-0.39, 0.29) is 18.2 Å². The van der Waals surface area contributed by atoms with E-state index in [0.29, 0.717) is 0 Å². The topological polar surface area (TPSA) is 86.9 Å². The average Bonchev–Trinajstić information content (AvgIpc) is 2.80. The first-order valence-electron chi connectivity index (χ1n) is 5.81. The van der Waals surface area contributed by atoms with Crippen LogP contribution in [0.4, 0.5) is 0 Å². The summed E-state index contributed by atoms with van der Waals surface area (Å²) in [6.07, 6.45) is 5.19. The smallest absolute Gasteiger partial charge is 0.212 e. The molecule has 2 heterocycles. The van der Waals surface area contributed by atoms with Gasteiger partial charge in [0.15, 0.2) is 0 Å². The van der Waals surface area contributed by atoms with Crippen LogP contribution in [0.3, 0.4) is 0 Å². The number of piperidine rings is 1. The maximum Gasteiger partial charge on any atom is 0.212 e. The van der Waals surface area contributed by atoms with Gasteiger partial charge >= 0.3 is 0 Å². The van der Waals surface area contributed by atoms with Crippen LogP contribution in [0, 0.1) is 5.92 Å². The second kappa shape index (κ2) is 5.61. The van der Waals surface area contributed by atoms with E-state index in [2.05, 4.69) is 20.0 Å². The Labute approximate surface area is 101 Å². The Morgan fingerprint density at radius 1 is 1.53 bits per heavy atom. The number of nitrogens with zero attached hydrogens (tertiary/aromatic N) is 1. The summed E-state index contributed by atoms with van der Waals surface area (Å²) in [5.74, 6) is 0.428. The van der Waals surface area contributed by atoms with E-state index in [0.717, 1.165) is 31.6 Å². The first kappa shape index (κ1) is 12.5. The van der Waals surface area contributed by atoms with Gasteiger partial charge in [0.1, 0.15) is 0 Å². The third kappa shape index (κ3) is 4.10. The minimum atomic E-state index is -3.20. The Kier molecular flexibility index (Phi) is 4.14. The molecule has 3 N–H and O–H groups in total. The highest BCUT2D eigenvalue weighted by Crippen LogP contribution is 2.11. The maximum absolute atomic E-state index is 11.8. The average molecular weight is 258 g/mol. The van der Waals surface area contributed by atoms with E-state index in [1.165, 1.54) is 6.33 Å². The molecule has 0 aliphatic carbocycles. The first-order chi connectivity index (χ1) is 8.16. The third-order valence-corrected chi connectivity index (χ3v) is 4.39. The van der Waals surface area contributed by atoms with Gasteiger partial charge in [-0.05, 0) is 31.8 Å². The molecule has 1 aliphatic heterocycles. The van der Waals surface area contributed by atoms with Crippen LogP contribution in [0.5, 0.6) is 0 Å². The zero-order valence-corrected chi connectivity index (χ0v) is 10.5. The van der Waals surface area contributed by atoms with Crippen molar-refractivity contribution in [3.05, 3.63) is 18.2 Å². The van der Waals surface area contributed by atoms with Gasteiger partial charge in [-0.15, -0.1) is 0 Å². The summed E-state index contributed by atoms with van der Waals surface area (Å²) in [5, 5.41) is 3.22. The quantitative estimate of drug-likeness (QED) is 0.684. The molecule has 1 fully saturated rings. The number of hydrogen-bond donors (Lipinski definition) is 3. The Balaban J connectivity index is 1.81. The lowest BCUT2D eigenvalue weighted by atomic mass is 10.0. The Morgan fingerprint density at radius 2 is 2.41 bits per heavy atom. The number of rotatable bonds is 5. The molecule has 6 nitrogen and oxygen atoms in total. The van der Waals surface area contributed by atoms with E-state index in [1.807, 2.05) is 0 Å². The molecular weight excluding hydrogens is 240 g/mol. The first-order valence-corrected chi connectivity index (χ1v) is 7.46. The van der Waals surface area contributed by atoms with Gasteiger partial charge in [-0.3, -0.25) is 0 Å². The van der Waals surface area contributed by atoms with E-state index in [9.17, 15) is 8.42 Å². The second-order valence-electron chi connectivity index (χ2n) is 4.39. The van der Waals surface area contributed by atoms with Gasteiger partial charge in [0, 0.05) is 11.9 Å². The zero-order chi connectivity index (χ0) is 12.1. The highest BCUT2D eigenvalue weighted by molar-refractivity contribution is 7.89. The molecule has 0 spiro atoms. The van der Waals surface area contributed by atoms with Crippen molar-refractivity contribution < 1.29 is 8.42 Å². The van der Waals surface area contributed by atoms with Crippen molar-refractivity contribution in [1.29, 1.82) is 0 Å². The lowest BCUT2D eigenvalue weighted by Crippen LogP contribution is -2.37. The molecule has 1 saturated heterocycles. The molecule has 96 valence electrons. The second-order valence-corrected chi connectivity index (χ2v) is 6.24. The third-order valence-electron chi connectivity index (χ3n) is 2.89. The van der Waals surface area contributed by atoms with E-state index in [1.54, 1.807) is 6.20 Å². The predicted molar refractivity (Wildman–Crippen MR) is 64.8 cm³/mol. The number of hydrogen-bond acceptors (Lipinski definition) is 4. The van der Waals surface area contributed by atoms with Crippen molar-refractivity contribution in [3.63, 3.8) is 0 Å². The van der Waals surface area contributed by atoms with Crippen LogP contribution in [0.2, 0.25) is 0 Å². The summed E-state index contributed by atoms with van der Waals surface area (Å²) in [6.45, 7) is 2.07. The predicted octanol–water partition coefficient (Wildman–Crippen LogP) is -0.171. The molecule has 1 atom stereocenters. The number of imidazole rings is 1. The van der Waals surface area contributed by atoms with Crippen LogP contribution in [-0.2, 0) is 16.6 Å². The Bertz CT molecular complexity index is 423. The lowest BCUT2D eigenvalue weighted by Gasteiger charge is -2.22. The maximum atomic E-state index is 11.8. The molecule has 1 aromatic heterocycles. The molecular formula is C10H18N4O2S. The van der Waals surface area contributed by atoms with E-state index < -0.39 is 10.0 Å². The number of aromatic amines is 1.